The van der Waals surface area contributed by atoms with Crippen molar-refractivity contribution in [2.75, 3.05) is 13.1 Å². The lowest BCUT2D eigenvalue weighted by Gasteiger charge is -2.27. The van der Waals surface area contributed by atoms with Gasteiger partial charge in [-0.2, -0.15) is 13.2 Å². The van der Waals surface area contributed by atoms with Gasteiger partial charge in [-0.15, -0.1) is 0 Å². The van der Waals surface area contributed by atoms with Gasteiger partial charge in [0.25, 0.3) is 0 Å². The lowest BCUT2D eigenvalue weighted by atomic mass is 9.98. The monoisotopic (exact) mass is 387 g/mol. The van der Waals surface area contributed by atoms with E-state index in [1.165, 1.54) is 12.1 Å². The van der Waals surface area contributed by atoms with Gasteiger partial charge in [0, 0.05) is 19.0 Å². The molecule has 2 aliphatic rings. The van der Waals surface area contributed by atoms with Crippen LogP contribution in [0.1, 0.15) is 35.4 Å². The molecular formula is C22H20F3NO2. The number of alkyl halides is 3. The first-order valence-corrected chi connectivity index (χ1v) is 9.28. The van der Waals surface area contributed by atoms with Crippen LogP contribution in [0.3, 0.4) is 0 Å². The molecule has 1 N–H and O–H groups in total. The summed E-state index contributed by atoms with van der Waals surface area (Å²) in [6.07, 6.45) is -1.27. The van der Waals surface area contributed by atoms with Crippen LogP contribution in [0.5, 0.6) is 5.75 Å². The number of carbonyl (C=O) groups excluding carboxylic acids is 1. The van der Waals surface area contributed by atoms with E-state index < -0.39 is 11.7 Å². The van der Waals surface area contributed by atoms with Gasteiger partial charge in [-0.1, -0.05) is 36.4 Å². The Labute approximate surface area is 161 Å². The van der Waals surface area contributed by atoms with Crippen molar-refractivity contribution in [3.63, 3.8) is 0 Å². The molecule has 0 radical (unpaired) electrons. The Kier molecular flexibility index (Phi) is 4.65. The number of benzene rings is 2. The smallest absolute Gasteiger partial charge is 0.416 e. The molecule has 3 nitrogen and oxygen atoms in total. The van der Waals surface area contributed by atoms with E-state index in [0.717, 1.165) is 17.2 Å². The third-order valence-electron chi connectivity index (χ3n) is 5.53. The zero-order valence-corrected chi connectivity index (χ0v) is 15.1. The van der Waals surface area contributed by atoms with Gasteiger partial charge in [0.05, 0.1) is 5.56 Å². The first kappa shape index (κ1) is 18.6. The highest BCUT2D eigenvalue weighted by molar-refractivity contribution is 5.84. The minimum Gasteiger partial charge on any atom is -0.508 e. The van der Waals surface area contributed by atoms with Crippen molar-refractivity contribution in [3.05, 3.63) is 71.3 Å². The van der Waals surface area contributed by atoms with Crippen molar-refractivity contribution in [2.24, 2.45) is 5.92 Å². The molecule has 1 saturated carbocycles. The summed E-state index contributed by atoms with van der Waals surface area (Å²) in [7, 11) is 0. The molecule has 0 bridgehead atoms. The molecule has 1 aliphatic heterocycles. The Balaban J connectivity index is 1.43. The van der Waals surface area contributed by atoms with E-state index in [-0.39, 0.29) is 29.1 Å². The predicted molar refractivity (Wildman–Crippen MR) is 99.6 cm³/mol. The minimum atomic E-state index is -4.40. The van der Waals surface area contributed by atoms with Gasteiger partial charge >= 0.3 is 6.18 Å². The Bertz CT molecular complexity index is 918. The maximum atomic E-state index is 13.2. The van der Waals surface area contributed by atoms with E-state index in [0.29, 0.717) is 25.9 Å². The van der Waals surface area contributed by atoms with Crippen LogP contribution >= 0.6 is 0 Å². The van der Waals surface area contributed by atoms with E-state index in [4.69, 9.17) is 0 Å². The van der Waals surface area contributed by atoms with Crippen LogP contribution in [0.25, 0.3) is 5.57 Å². The molecule has 1 aliphatic carbocycles. The summed E-state index contributed by atoms with van der Waals surface area (Å²) in [5.41, 5.74) is 1.71. The fourth-order valence-corrected chi connectivity index (χ4v) is 3.93. The van der Waals surface area contributed by atoms with Crippen LogP contribution in [-0.2, 0) is 11.0 Å². The van der Waals surface area contributed by atoms with Gasteiger partial charge in [0.1, 0.15) is 5.75 Å². The molecule has 146 valence electrons. The molecule has 28 heavy (non-hydrogen) atoms. The summed E-state index contributed by atoms with van der Waals surface area (Å²) < 4.78 is 39.7. The molecule has 6 heteroatoms. The van der Waals surface area contributed by atoms with Gasteiger partial charge in [0.2, 0.25) is 5.91 Å². The van der Waals surface area contributed by atoms with Crippen LogP contribution in [0.2, 0.25) is 0 Å². The highest BCUT2D eigenvalue weighted by Gasteiger charge is 2.49. The first-order valence-electron chi connectivity index (χ1n) is 9.28. The highest BCUT2D eigenvalue weighted by Crippen LogP contribution is 2.51. The molecule has 1 fully saturated rings. The molecule has 2 aromatic carbocycles. The zero-order valence-electron chi connectivity index (χ0n) is 15.1. The van der Waals surface area contributed by atoms with Crippen molar-refractivity contribution in [1.29, 1.82) is 0 Å². The largest absolute Gasteiger partial charge is 0.508 e. The normalized spacial score (nSPS) is 22.0. The van der Waals surface area contributed by atoms with Gasteiger partial charge in [-0.3, -0.25) is 4.79 Å². The molecule has 4 rings (SSSR count). The number of hydrogen-bond donors (Lipinski definition) is 1. The molecule has 0 saturated heterocycles. The van der Waals surface area contributed by atoms with Gasteiger partial charge in [0.15, 0.2) is 0 Å². The van der Waals surface area contributed by atoms with Crippen molar-refractivity contribution in [3.8, 4) is 5.75 Å². The Hall–Kier alpha value is -2.76. The lowest BCUT2D eigenvalue weighted by molar-refractivity contribution is -0.138. The van der Waals surface area contributed by atoms with Crippen LogP contribution in [-0.4, -0.2) is 29.0 Å². The molecule has 2 atom stereocenters. The average molecular weight is 387 g/mol. The van der Waals surface area contributed by atoms with Crippen molar-refractivity contribution < 1.29 is 23.1 Å². The second-order valence-electron chi connectivity index (χ2n) is 7.34. The lowest BCUT2D eigenvalue weighted by Crippen LogP contribution is -2.36. The first-order chi connectivity index (χ1) is 13.3. The van der Waals surface area contributed by atoms with Crippen LogP contribution in [0.4, 0.5) is 13.2 Å². The predicted octanol–water partition coefficient (Wildman–Crippen LogP) is 4.83. The molecule has 2 aromatic rings. The third kappa shape index (κ3) is 3.63. The summed E-state index contributed by atoms with van der Waals surface area (Å²) in [6, 6.07) is 12.5. The summed E-state index contributed by atoms with van der Waals surface area (Å²) in [5.74, 6) is -0.584. The van der Waals surface area contributed by atoms with Crippen molar-refractivity contribution in [2.45, 2.75) is 24.9 Å². The maximum Gasteiger partial charge on any atom is 0.416 e. The standard InChI is InChI=1S/C22H20F3NO2/c23-22(24,25)20-4-2-1-3-17(20)18-13-19(18)21(28)26-11-9-15(10-12-26)14-5-7-16(27)8-6-14/h1-9,18-19,27H,10-13H2/t18-,19+/m1/s1. The summed E-state index contributed by atoms with van der Waals surface area (Å²) in [4.78, 5) is 14.5. The van der Waals surface area contributed by atoms with Crippen LogP contribution in [0.15, 0.2) is 54.6 Å². The maximum absolute atomic E-state index is 13.2. The zero-order chi connectivity index (χ0) is 19.9. The summed E-state index contributed by atoms with van der Waals surface area (Å²) in [6.45, 7) is 1.01. The SMILES string of the molecule is O=C([C@H]1C[C@@H]1c1ccccc1C(F)(F)F)N1CC=C(c2ccc(O)cc2)CC1. The molecule has 0 unspecified atom stereocenters. The van der Waals surface area contributed by atoms with Crippen LogP contribution in [0, 0.1) is 5.92 Å². The number of phenols is 1. The molecular weight excluding hydrogens is 367 g/mol. The van der Waals surface area contributed by atoms with Crippen LogP contribution < -0.4 is 0 Å². The van der Waals surface area contributed by atoms with Gasteiger partial charge in [-0.25, -0.2) is 0 Å². The number of phenolic OH excluding ortho intramolecular Hbond substituents is 1. The average Bonchev–Trinajstić information content (AvgIpc) is 3.48. The molecule has 0 aromatic heterocycles. The fraction of sp³-hybridized carbons (Fsp3) is 0.318. The summed E-state index contributed by atoms with van der Waals surface area (Å²) in [5, 5.41) is 9.38. The minimum absolute atomic E-state index is 0.0667. The third-order valence-corrected chi connectivity index (χ3v) is 5.53. The van der Waals surface area contributed by atoms with E-state index in [9.17, 15) is 23.1 Å². The molecule has 0 spiro atoms. The number of carbonyl (C=O) groups is 1. The summed E-state index contributed by atoms with van der Waals surface area (Å²) >= 11 is 0. The number of halogens is 3. The quantitative estimate of drug-likeness (QED) is 0.820. The molecule has 1 heterocycles. The number of aromatic hydroxyl groups is 1. The molecule has 1 amide bonds. The van der Waals surface area contributed by atoms with E-state index in [2.05, 4.69) is 0 Å². The van der Waals surface area contributed by atoms with Crippen molar-refractivity contribution >= 4 is 11.5 Å². The van der Waals surface area contributed by atoms with E-state index in [1.807, 2.05) is 18.2 Å². The Morgan fingerprint density at radius 1 is 1.07 bits per heavy atom. The fourth-order valence-electron chi connectivity index (χ4n) is 3.93. The Morgan fingerprint density at radius 2 is 1.79 bits per heavy atom. The van der Waals surface area contributed by atoms with E-state index in [1.54, 1.807) is 23.1 Å². The number of amides is 1. The second-order valence-corrected chi connectivity index (χ2v) is 7.34. The number of nitrogens with zero attached hydrogens (tertiary/aromatic N) is 1. The van der Waals surface area contributed by atoms with Gasteiger partial charge < -0.3 is 10.0 Å². The van der Waals surface area contributed by atoms with Crippen molar-refractivity contribution in [1.82, 2.24) is 4.90 Å². The number of rotatable bonds is 3. The second kappa shape index (κ2) is 7.00. The highest BCUT2D eigenvalue weighted by atomic mass is 19.4. The topological polar surface area (TPSA) is 40.5 Å². The Morgan fingerprint density at radius 3 is 2.43 bits per heavy atom. The van der Waals surface area contributed by atoms with E-state index >= 15 is 0 Å². The number of hydrogen-bond acceptors (Lipinski definition) is 2. The van der Waals surface area contributed by atoms with Gasteiger partial charge in [-0.05, 0) is 53.7 Å².